The quantitative estimate of drug-likeness (QED) is 0.647. The molecule has 0 aliphatic rings. The van der Waals surface area contributed by atoms with E-state index in [0.717, 1.165) is 30.1 Å². The van der Waals surface area contributed by atoms with E-state index in [1.54, 1.807) is 4.90 Å². The number of benzene rings is 1. The normalized spacial score (nSPS) is 12.5. The minimum absolute atomic E-state index is 0.0727. The van der Waals surface area contributed by atoms with E-state index < -0.39 is 11.2 Å². The molecular weight excluding hydrogens is 334 g/mol. The fourth-order valence-electron chi connectivity index (χ4n) is 2.55. The number of likely N-dealkylation sites (N-methyl/N-ethyl adjacent to an activating group) is 1. The third-order valence-electron chi connectivity index (χ3n) is 4.28. The van der Waals surface area contributed by atoms with Crippen molar-refractivity contribution in [3.05, 3.63) is 29.8 Å². The molecule has 1 aromatic rings. The van der Waals surface area contributed by atoms with E-state index in [2.05, 4.69) is 24.1 Å². The number of aryl methyl sites for hydroxylation is 1. The Labute approximate surface area is 156 Å². The van der Waals surface area contributed by atoms with E-state index in [4.69, 9.17) is 0 Å². The van der Waals surface area contributed by atoms with Crippen LogP contribution in [0, 0.1) is 6.92 Å². The lowest BCUT2D eigenvalue weighted by Gasteiger charge is -2.27. The van der Waals surface area contributed by atoms with Gasteiger partial charge in [-0.2, -0.15) is 0 Å². The Kier molecular flexibility index (Phi) is 9.93. The van der Waals surface area contributed by atoms with Crippen molar-refractivity contribution in [3.63, 3.8) is 0 Å². The van der Waals surface area contributed by atoms with Crippen LogP contribution in [0.15, 0.2) is 29.2 Å². The molecule has 25 heavy (non-hydrogen) atoms. The average Bonchev–Trinajstić information content (AvgIpc) is 2.59. The summed E-state index contributed by atoms with van der Waals surface area (Å²) in [6.07, 6.45) is 0. The van der Waals surface area contributed by atoms with Crippen LogP contribution in [0.3, 0.4) is 0 Å². The van der Waals surface area contributed by atoms with Gasteiger partial charge in [0.05, 0.1) is 6.54 Å². The van der Waals surface area contributed by atoms with Crippen LogP contribution in [0.1, 0.15) is 33.3 Å². The molecular formula is C19H33N3O2S. The molecule has 0 fully saturated rings. The number of nitrogens with zero attached hydrogens (tertiary/aromatic N) is 2. The lowest BCUT2D eigenvalue weighted by atomic mass is 10.2. The molecule has 2 amide bonds. The van der Waals surface area contributed by atoms with Crippen molar-refractivity contribution in [3.8, 4) is 0 Å². The zero-order chi connectivity index (χ0) is 18.8. The molecule has 0 heterocycles. The van der Waals surface area contributed by atoms with Crippen molar-refractivity contribution >= 4 is 17.2 Å². The van der Waals surface area contributed by atoms with E-state index in [0.29, 0.717) is 18.8 Å². The third kappa shape index (κ3) is 7.67. The van der Waals surface area contributed by atoms with Crippen LogP contribution in [0.5, 0.6) is 0 Å². The van der Waals surface area contributed by atoms with Crippen molar-refractivity contribution in [1.29, 1.82) is 0 Å². The van der Waals surface area contributed by atoms with Crippen LogP contribution < -0.4 is 5.32 Å². The molecule has 0 bridgehead atoms. The van der Waals surface area contributed by atoms with Crippen LogP contribution in [-0.4, -0.2) is 64.9 Å². The number of carbonyl (C=O) groups excluding carboxylic acids is 1. The Bertz CT molecular complexity index is 504. The molecule has 1 unspecified atom stereocenters. The van der Waals surface area contributed by atoms with Crippen LogP contribution >= 0.6 is 0 Å². The van der Waals surface area contributed by atoms with Gasteiger partial charge in [-0.05, 0) is 57.2 Å². The van der Waals surface area contributed by atoms with Gasteiger partial charge in [0.2, 0.25) is 0 Å². The van der Waals surface area contributed by atoms with E-state index in [1.807, 2.05) is 45.0 Å². The molecule has 0 saturated heterocycles. The summed E-state index contributed by atoms with van der Waals surface area (Å²) in [5.74, 6) is 0.449. The Morgan fingerprint density at radius 3 is 2.28 bits per heavy atom. The first-order valence-electron chi connectivity index (χ1n) is 9.10. The molecule has 6 heteroatoms. The maximum atomic E-state index is 12.4. The fourth-order valence-corrected chi connectivity index (χ4v) is 3.58. The highest BCUT2D eigenvalue weighted by Gasteiger charge is 2.20. The molecule has 1 rings (SSSR count). The highest BCUT2D eigenvalue weighted by atomic mass is 32.2. The summed E-state index contributed by atoms with van der Waals surface area (Å²) in [6.45, 7) is 14.1. The minimum atomic E-state index is -1.09. The lowest BCUT2D eigenvalue weighted by molar-refractivity contribution is 0.185. The second-order valence-electron chi connectivity index (χ2n) is 6.41. The highest BCUT2D eigenvalue weighted by Crippen LogP contribution is 2.13. The van der Waals surface area contributed by atoms with Gasteiger partial charge in [-0.25, -0.2) is 4.79 Å². The largest absolute Gasteiger partial charge is 0.611 e. The van der Waals surface area contributed by atoms with Crippen LogP contribution in [0.4, 0.5) is 4.79 Å². The SMILES string of the molecule is CCN(CC)CCNC(=O)N(CC[S+]([O-])c1ccc(C)cc1)C(C)C. The summed E-state index contributed by atoms with van der Waals surface area (Å²) in [4.78, 5) is 17.3. The number of amides is 2. The molecule has 1 atom stereocenters. The second kappa shape index (κ2) is 11.4. The molecule has 142 valence electrons. The summed E-state index contributed by atoms with van der Waals surface area (Å²) in [6, 6.07) is 7.72. The van der Waals surface area contributed by atoms with Crippen LogP contribution in [0.25, 0.3) is 0 Å². The van der Waals surface area contributed by atoms with Gasteiger partial charge in [-0.15, -0.1) is 0 Å². The molecule has 1 N–H and O–H groups in total. The van der Waals surface area contributed by atoms with Crippen LogP contribution in [-0.2, 0) is 11.2 Å². The van der Waals surface area contributed by atoms with Crippen molar-refractivity contribution in [1.82, 2.24) is 15.1 Å². The Morgan fingerprint density at radius 1 is 1.16 bits per heavy atom. The van der Waals surface area contributed by atoms with Crippen molar-refractivity contribution in [2.45, 2.75) is 45.6 Å². The van der Waals surface area contributed by atoms with E-state index in [-0.39, 0.29) is 12.1 Å². The Balaban J connectivity index is 2.50. The first-order valence-corrected chi connectivity index (χ1v) is 10.4. The molecule has 5 nitrogen and oxygen atoms in total. The Morgan fingerprint density at radius 2 is 1.76 bits per heavy atom. The minimum Gasteiger partial charge on any atom is -0.611 e. The molecule has 1 aromatic carbocycles. The molecule has 0 radical (unpaired) electrons. The number of urea groups is 1. The summed E-state index contributed by atoms with van der Waals surface area (Å²) in [5.41, 5.74) is 1.15. The molecule has 0 aliphatic heterocycles. The molecule has 0 saturated carbocycles. The molecule has 0 spiro atoms. The summed E-state index contributed by atoms with van der Waals surface area (Å²) < 4.78 is 12.4. The first-order chi connectivity index (χ1) is 11.9. The van der Waals surface area contributed by atoms with E-state index in [9.17, 15) is 9.35 Å². The predicted octanol–water partition coefficient (Wildman–Crippen LogP) is 2.86. The monoisotopic (exact) mass is 367 g/mol. The molecule has 0 aromatic heterocycles. The number of nitrogens with one attached hydrogen (secondary N) is 1. The topological polar surface area (TPSA) is 58.6 Å². The van der Waals surface area contributed by atoms with E-state index in [1.165, 1.54) is 0 Å². The summed E-state index contributed by atoms with van der Waals surface area (Å²) >= 11 is -1.09. The maximum Gasteiger partial charge on any atom is 0.317 e. The maximum absolute atomic E-state index is 12.4. The number of hydrogen-bond donors (Lipinski definition) is 1. The zero-order valence-electron chi connectivity index (χ0n) is 16.2. The lowest BCUT2D eigenvalue weighted by Crippen LogP contribution is -2.47. The standard InChI is InChI=1S/C19H33N3O2S/c1-6-21(7-2)13-12-20-19(23)22(16(3)4)14-15-25(24)18-10-8-17(5)9-11-18/h8-11,16H,6-7,12-15H2,1-5H3,(H,20,23). The number of hydrogen-bond acceptors (Lipinski definition) is 3. The number of carbonyl (C=O) groups is 1. The Hall–Kier alpha value is -1.24. The second-order valence-corrected chi connectivity index (χ2v) is 7.98. The van der Waals surface area contributed by atoms with Gasteiger partial charge >= 0.3 is 6.03 Å². The number of rotatable bonds is 10. The van der Waals surface area contributed by atoms with E-state index >= 15 is 0 Å². The summed E-state index contributed by atoms with van der Waals surface area (Å²) in [7, 11) is 0. The first kappa shape index (κ1) is 21.8. The van der Waals surface area contributed by atoms with Crippen molar-refractivity contribution in [2.75, 3.05) is 38.5 Å². The van der Waals surface area contributed by atoms with Gasteiger partial charge in [0.1, 0.15) is 5.75 Å². The van der Waals surface area contributed by atoms with Gasteiger partial charge < -0.3 is 19.7 Å². The summed E-state index contributed by atoms with van der Waals surface area (Å²) in [5, 5.41) is 2.98. The van der Waals surface area contributed by atoms with Crippen molar-refractivity contribution in [2.24, 2.45) is 0 Å². The zero-order valence-corrected chi connectivity index (χ0v) is 17.1. The van der Waals surface area contributed by atoms with Crippen LogP contribution in [0.2, 0.25) is 0 Å². The van der Waals surface area contributed by atoms with Crippen molar-refractivity contribution < 1.29 is 9.35 Å². The fraction of sp³-hybridized carbons (Fsp3) is 0.632. The van der Waals surface area contributed by atoms with Gasteiger partial charge in [0, 0.05) is 19.1 Å². The smallest absolute Gasteiger partial charge is 0.317 e. The van der Waals surface area contributed by atoms with Gasteiger partial charge in [-0.1, -0.05) is 31.5 Å². The molecule has 0 aliphatic carbocycles. The third-order valence-corrected chi connectivity index (χ3v) is 5.64. The van der Waals surface area contributed by atoms with Gasteiger partial charge in [-0.3, -0.25) is 0 Å². The average molecular weight is 368 g/mol. The van der Waals surface area contributed by atoms with Gasteiger partial charge in [0.25, 0.3) is 0 Å². The predicted molar refractivity (Wildman–Crippen MR) is 105 cm³/mol. The van der Waals surface area contributed by atoms with Gasteiger partial charge in [0.15, 0.2) is 4.90 Å². The highest BCUT2D eigenvalue weighted by molar-refractivity contribution is 7.91.